The molecule has 1 saturated carbocycles. The number of carbonyl (C=O) groups is 1. The van der Waals surface area contributed by atoms with Crippen LogP contribution in [0.15, 0.2) is 72.8 Å². The predicted octanol–water partition coefficient (Wildman–Crippen LogP) is 5.45. The lowest BCUT2D eigenvalue weighted by molar-refractivity contribution is -0.0647. The Labute approximate surface area is 238 Å². The minimum absolute atomic E-state index is 0.369. The van der Waals surface area contributed by atoms with Crippen LogP contribution >= 0.6 is 0 Å². The number of methoxy groups -OCH3 is 1. The second kappa shape index (κ2) is 10.9. The van der Waals surface area contributed by atoms with E-state index in [1.165, 1.54) is 35.2 Å². The molecule has 3 aromatic carbocycles. The molecule has 1 spiro atoms. The molecule has 0 radical (unpaired) electrons. The maximum Gasteiger partial charge on any atom is 0.248 e. The van der Waals surface area contributed by atoms with Crippen molar-refractivity contribution >= 4 is 11.6 Å². The van der Waals surface area contributed by atoms with Crippen molar-refractivity contribution in [1.82, 2.24) is 9.80 Å². The van der Waals surface area contributed by atoms with Gasteiger partial charge in [-0.15, -0.1) is 0 Å². The third kappa shape index (κ3) is 5.23. The lowest BCUT2D eigenvalue weighted by atomic mass is 9.59. The Balaban J connectivity index is 1.14. The van der Waals surface area contributed by atoms with Crippen LogP contribution in [-0.2, 0) is 6.54 Å². The van der Waals surface area contributed by atoms with Crippen LogP contribution in [0, 0.1) is 5.41 Å². The Morgan fingerprint density at radius 2 is 1.68 bits per heavy atom. The molecule has 40 heavy (non-hydrogen) atoms. The summed E-state index contributed by atoms with van der Waals surface area (Å²) in [6, 6.07) is 26.4. The molecule has 2 heterocycles. The Hall–Kier alpha value is -3.35. The van der Waals surface area contributed by atoms with Crippen LogP contribution < -0.4 is 15.4 Å². The first-order chi connectivity index (χ1) is 19.3. The summed E-state index contributed by atoms with van der Waals surface area (Å²) >= 11 is 0. The van der Waals surface area contributed by atoms with E-state index in [0.717, 1.165) is 45.0 Å². The van der Waals surface area contributed by atoms with Crippen molar-refractivity contribution in [3.8, 4) is 5.75 Å². The maximum absolute atomic E-state index is 11.4. The lowest BCUT2D eigenvalue weighted by Gasteiger charge is -2.63. The summed E-state index contributed by atoms with van der Waals surface area (Å²) in [7, 11) is 1.72. The molecular weight excluding hydrogens is 496 g/mol. The van der Waals surface area contributed by atoms with Gasteiger partial charge in [0.05, 0.1) is 7.11 Å². The number of ether oxygens (including phenoxy) is 1. The highest BCUT2D eigenvalue weighted by molar-refractivity contribution is 5.93. The predicted molar refractivity (Wildman–Crippen MR) is 161 cm³/mol. The van der Waals surface area contributed by atoms with Gasteiger partial charge in [0.15, 0.2) is 0 Å². The second-order valence-electron chi connectivity index (χ2n) is 12.4. The average Bonchev–Trinajstić information content (AvgIpc) is 2.92. The van der Waals surface area contributed by atoms with Crippen LogP contribution in [0.3, 0.4) is 0 Å². The fraction of sp³-hybridized carbons (Fsp3) is 0.441. The monoisotopic (exact) mass is 538 g/mol. The number of benzene rings is 3. The van der Waals surface area contributed by atoms with E-state index < -0.39 is 0 Å². The van der Waals surface area contributed by atoms with E-state index in [4.69, 9.17) is 10.5 Å². The summed E-state index contributed by atoms with van der Waals surface area (Å²) in [6.07, 6.45) is 2.53. The third-order valence-electron chi connectivity index (χ3n) is 9.42. The number of amides is 1. The van der Waals surface area contributed by atoms with E-state index in [1.54, 1.807) is 7.11 Å². The number of rotatable bonds is 8. The number of hydrogen-bond donors (Lipinski definition) is 1. The van der Waals surface area contributed by atoms with Gasteiger partial charge in [-0.2, -0.15) is 0 Å². The number of primary amides is 1. The van der Waals surface area contributed by atoms with Crippen molar-refractivity contribution in [3.05, 3.63) is 95.1 Å². The minimum Gasteiger partial charge on any atom is -0.497 e. The Bertz CT molecular complexity index is 1320. The standard InChI is InChI=1S/C34H42N4O2/c1-24(2)30-6-4-5-7-31(30)32-21-36(20-25-8-14-29(40-3)15-9-25)16-17-38(32)28-18-34(19-28)22-37(23-34)27-12-10-26(11-13-27)33(35)39/h4-15,24,28,32H,16-23H2,1-3H3,(H2,35,39)/t32-/m0/s1. The Kier molecular flexibility index (Phi) is 7.32. The van der Waals surface area contributed by atoms with Gasteiger partial charge < -0.3 is 15.4 Å². The van der Waals surface area contributed by atoms with Crippen molar-refractivity contribution in [1.29, 1.82) is 0 Å². The first-order valence-corrected chi connectivity index (χ1v) is 14.7. The molecule has 1 aliphatic carbocycles. The average molecular weight is 539 g/mol. The fourth-order valence-electron chi connectivity index (χ4n) is 7.26. The molecule has 6 rings (SSSR count). The van der Waals surface area contributed by atoms with Gasteiger partial charge in [0.25, 0.3) is 0 Å². The molecule has 6 nitrogen and oxygen atoms in total. The summed E-state index contributed by atoms with van der Waals surface area (Å²) in [5, 5.41) is 0. The van der Waals surface area contributed by atoms with E-state index >= 15 is 0 Å². The fourth-order valence-corrected chi connectivity index (χ4v) is 7.26. The highest BCUT2D eigenvalue weighted by atomic mass is 16.5. The van der Waals surface area contributed by atoms with E-state index in [9.17, 15) is 4.79 Å². The van der Waals surface area contributed by atoms with Gasteiger partial charge in [-0.05, 0) is 71.8 Å². The highest BCUT2D eigenvalue weighted by Crippen LogP contribution is 2.53. The molecular formula is C34H42N4O2. The van der Waals surface area contributed by atoms with Crippen molar-refractivity contribution < 1.29 is 9.53 Å². The van der Waals surface area contributed by atoms with E-state index in [-0.39, 0.29) is 5.91 Å². The first kappa shape index (κ1) is 26.9. The molecule has 3 aliphatic rings. The van der Waals surface area contributed by atoms with Gasteiger partial charge in [0.1, 0.15) is 5.75 Å². The van der Waals surface area contributed by atoms with Gasteiger partial charge in [-0.3, -0.25) is 14.6 Å². The van der Waals surface area contributed by atoms with Gasteiger partial charge in [0, 0.05) is 68.0 Å². The third-order valence-corrected chi connectivity index (χ3v) is 9.42. The van der Waals surface area contributed by atoms with Crippen molar-refractivity contribution in [2.45, 2.75) is 51.2 Å². The van der Waals surface area contributed by atoms with E-state index in [0.29, 0.717) is 29.0 Å². The van der Waals surface area contributed by atoms with Crippen molar-refractivity contribution in [2.24, 2.45) is 11.1 Å². The topological polar surface area (TPSA) is 62.0 Å². The molecule has 3 fully saturated rings. The molecule has 1 atom stereocenters. The zero-order chi connectivity index (χ0) is 27.9. The zero-order valence-electron chi connectivity index (χ0n) is 24.1. The van der Waals surface area contributed by atoms with Gasteiger partial charge in [-0.1, -0.05) is 50.2 Å². The quantitative estimate of drug-likeness (QED) is 0.414. The SMILES string of the molecule is COc1ccc(CN2CCN(C3CC4(C3)CN(c3ccc(C(N)=O)cc3)C4)[C@H](c3ccccc3C(C)C)C2)cc1. The number of anilines is 1. The number of hydrogen-bond acceptors (Lipinski definition) is 5. The van der Waals surface area contributed by atoms with Crippen LogP contribution in [0.1, 0.15) is 65.7 Å². The Morgan fingerprint density at radius 3 is 2.33 bits per heavy atom. The molecule has 2 aliphatic heterocycles. The van der Waals surface area contributed by atoms with Crippen molar-refractivity contribution in [2.75, 3.05) is 44.7 Å². The molecule has 3 aromatic rings. The number of carbonyl (C=O) groups excluding carboxylic acids is 1. The van der Waals surface area contributed by atoms with Gasteiger partial charge in [-0.25, -0.2) is 0 Å². The molecule has 2 saturated heterocycles. The summed E-state index contributed by atoms with van der Waals surface area (Å²) in [5.41, 5.74) is 11.9. The molecule has 0 aromatic heterocycles. The highest BCUT2D eigenvalue weighted by Gasteiger charge is 2.55. The molecule has 6 heteroatoms. The van der Waals surface area contributed by atoms with Crippen LogP contribution in [-0.4, -0.2) is 61.6 Å². The normalized spacial score (nSPS) is 21.3. The van der Waals surface area contributed by atoms with Crippen LogP contribution in [0.25, 0.3) is 0 Å². The van der Waals surface area contributed by atoms with Crippen molar-refractivity contribution in [3.63, 3.8) is 0 Å². The molecule has 1 amide bonds. The summed E-state index contributed by atoms with van der Waals surface area (Å²) in [5.74, 6) is 1.04. The van der Waals surface area contributed by atoms with Crippen LogP contribution in [0.5, 0.6) is 5.75 Å². The number of piperazine rings is 1. The van der Waals surface area contributed by atoms with Crippen LogP contribution in [0.4, 0.5) is 5.69 Å². The largest absolute Gasteiger partial charge is 0.497 e. The number of nitrogens with two attached hydrogens (primary N) is 1. The smallest absolute Gasteiger partial charge is 0.248 e. The second-order valence-corrected chi connectivity index (χ2v) is 12.4. The zero-order valence-corrected chi connectivity index (χ0v) is 24.1. The first-order valence-electron chi connectivity index (χ1n) is 14.7. The van der Waals surface area contributed by atoms with Gasteiger partial charge >= 0.3 is 0 Å². The van der Waals surface area contributed by atoms with Gasteiger partial charge in [0.2, 0.25) is 5.91 Å². The van der Waals surface area contributed by atoms with E-state index in [1.807, 2.05) is 24.3 Å². The summed E-state index contributed by atoms with van der Waals surface area (Å²) < 4.78 is 5.36. The number of nitrogens with zero attached hydrogens (tertiary/aromatic N) is 3. The van der Waals surface area contributed by atoms with E-state index in [2.05, 4.69) is 77.1 Å². The lowest BCUT2D eigenvalue weighted by Crippen LogP contribution is -2.68. The Morgan fingerprint density at radius 1 is 0.975 bits per heavy atom. The summed E-state index contributed by atoms with van der Waals surface area (Å²) in [6.45, 7) is 11.1. The molecule has 2 N–H and O–H groups in total. The molecule has 210 valence electrons. The maximum atomic E-state index is 11.4. The minimum atomic E-state index is -0.369. The molecule has 0 bridgehead atoms. The van der Waals surface area contributed by atoms with Crippen LogP contribution in [0.2, 0.25) is 0 Å². The summed E-state index contributed by atoms with van der Waals surface area (Å²) in [4.78, 5) is 19.3. The molecule has 0 unspecified atom stereocenters.